The van der Waals surface area contributed by atoms with Crippen LogP contribution in [0, 0.1) is 11.7 Å². The van der Waals surface area contributed by atoms with Gasteiger partial charge in [-0.15, -0.1) is 0 Å². The Kier molecular flexibility index (Phi) is 5.26. The topological polar surface area (TPSA) is 52.7 Å². The second kappa shape index (κ2) is 7.85. The third-order valence-corrected chi connectivity index (χ3v) is 5.44. The van der Waals surface area contributed by atoms with Crippen LogP contribution >= 0.6 is 0 Å². The number of nitrogens with one attached hydrogen (secondary N) is 1. The smallest absolute Gasteiger partial charge is 0.255 e. The zero-order valence-corrected chi connectivity index (χ0v) is 16.8. The first-order valence-corrected chi connectivity index (χ1v) is 10.1. The van der Waals surface area contributed by atoms with Crippen molar-refractivity contribution in [3.05, 3.63) is 59.4 Å². The van der Waals surface area contributed by atoms with E-state index in [2.05, 4.69) is 5.32 Å². The van der Waals surface area contributed by atoms with Gasteiger partial charge in [-0.2, -0.15) is 0 Å². The van der Waals surface area contributed by atoms with Crippen LogP contribution in [-0.4, -0.2) is 36.9 Å². The van der Waals surface area contributed by atoms with Crippen LogP contribution in [0.25, 0.3) is 0 Å². The standard InChI is InChI=1S/C23H26FN3O2/c1-26(2)21-11-8-19(25-22(28)16-4-3-5-18(24)12-16)13-17(21)14-27(20-9-10-20)23(29)15-6-7-15/h3-5,8,11-13,15,20H,6-7,9-10,14H2,1-2H3,(H,25,28). The first-order valence-electron chi connectivity index (χ1n) is 10.1. The average molecular weight is 395 g/mol. The predicted octanol–water partition coefficient (Wildman–Crippen LogP) is 4.05. The monoisotopic (exact) mass is 395 g/mol. The Morgan fingerprint density at radius 3 is 2.45 bits per heavy atom. The number of hydrogen-bond acceptors (Lipinski definition) is 3. The SMILES string of the molecule is CN(C)c1ccc(NC(=O)c2cccc(F)c2)cc1CN(C(=O)C1CC1)C1CC1. The van der Waals surface area contributed by atoms with Gasteiger partial charge in [0.25, 0.3) is 5.91 Å². The van der Waals surface area contributed by atoms with Gasteiger partial charge in [0, 0.05) is 49.5 Å². The van der Waals surface area contributed by atoms with Gasteiger partial charge in [0.1, 0.15) is 5.82 Å². The van der Waals surface area contributed by atoms with Gasteiger partial charge >= 0.3 is 0 Å². The highest BCUT2D eigenvalue weighted by molar-refractivity contribution is 6.04. The Morgan fingerprint density at radius 1 is 1.07 bits per heavy atom. The minimum Gasteiger partial charge on any atom is -0.377 e. The third kappa shape index (κ3) is 4.58. The molecule has 0 heterocycles. The molecule has 2 amide bonds. The molecule has 0 radical (unpaired) electrons. The highest BCUT2D eigenvalue weighted by Crippen LogP contribution is 2.38. The van der Waals surface area contributed by atoms with E-state index in [0.717, 1.165) is 36.9 Å². The number of carbonyl (C=O) groups excluding carboxylic acids is 2. The molecule has 2 aliphatic carbocycles. The summed E-state index contributed by atoms with van der Waals surface area (Å²) in [5, 5.41) is 2.85. The summed E-state index contributed by atoms with van der Waals surface area (Å²) >= 11 is 0. The molecule has 152 valence electrons. The molecule has 2 aliphatic rings. The lowest BCUT2D eigenvalue weighted by Gasteiger charge is -2.26. The maximum atomic E-state index is 13.4. The zero-order chi connectivity index (χ0) is 20.5. The normalized spacial score (nSPS) is 15.7. The molecule has 0 aliphatic heterocycles. The van der Waals surface area contributed by atoms with Crippen LogP contribution in [0.2, 0.25) is 0 Å². The minimum atomic E-state index is -0.444. The van der Waals surface area contributed by atoms with E-state index in [1.54, 1.807) is 6.07 Å². The molecule has 2 saturated carbocycles. The van der Waals surface area contributed by atoms with Crippen molar-refractivity contribution in [3.63, 3.8) is 0 Å². The molecule has 2 aromatic rings. The summed E-state index contributed by atoms with van der Waals surface area (Å²) in [6.45, 7) is 0.539. The lowest BCUT2D eigenvalue weighted by atomic mass is 10.1. The van der Waals surface area contributed by atoms with Gasteiger partial charge in [0.15, 0.2) is 0 Å². The van der Waals surface area contributed by atoms with E-state index >= 15 is 0 Å². The van der Waals surface area contributed by atoms with Gasteiger partial charge in [0.05, 0.1) is 0 Å². The molecule has 29 heavy (non-hydrogen) atoms. The fourth-order valence-electron chi connectivity index (χ4n) is 3.58. The summed E-state index contributed by atoms with van der Waals surface area (Å²) in [5.74, 6) is -0.359. The summed E-state index contributed by atoms with van der Waals surface area (Å²) in [6.07, 6.45) is 4.11. The van der Waals surface area contributed by atoms with Gasteiger partial charge in [0.2, 0.25) is 5.91 Å². The van der Waals surface area contributed by atoms with Crippen LogP contribution in [0.15, 0.2) is 42.5 Å². The Morgan fingerprint density at radius 2 is 1.83 bits per heavy atom. The summed E-state index contributed by atoms with van der Waals surface area (Å²) in [7, 11) is 3.93. The number of carbonyl (C=O) groups is 2. The van der Waals surface area contributed by atoms with Crippen LogP contribution in [0.3, 0.4) is 0 Å². The Balaban J connectivity index is 1.57. The fourth-order valence-corrected chi connectivity index (χ4v) is 3.58. The summed E-state index contributed by atoms with van der Waals surface area (Å²) < 4.78 is 13.4. The van der Waals surface area contributed by atoms with Crippen molar-refractivity contribution in [3.8, 4) is 0 Å². The quantitative estimate of drug-likeness (QED) is 0.770. The second-order valence-electron chi connectivity index (χ2n) is 8.17. The maximum Gasteiger partial charge on any atom is 0.255 e. The van der Waals surface area contributed by atoms with E-state index in [-0.39, 0.29) is 23.3 Å². The lowest BCUT2D eigenvalue weighted by Crippen LogP contribution is -2.34. The molecule has 2 aromatic carbocycles. The molecule has 4 rings (SSSR count). The molecule has 0 spiro atoms. The van der Waals surface area contributed by atoms with E-state index in [9.17, 15) is 14.0 Å². The van der Waals surface area contributed by atoms with E-state index in [0.29, 0.717) is 18.3 Å². The molecule has 0 bridgehead atoms. The van der Waals surface area contributed by atoms with Gasteiger partial charge in [-0.3, -0.25) is 9.59 Å². The maximum absolute atomic E-state index is 13.4. The molecule has 6 heteroatoms. The van der Waals surface area contributed by atoms with E-state index in [1.807, 2.05) is 42.1 Å². The van der Waals surface area contributed by atoms with Crippen LogP contribution in [0.4, 0.5) is 15.8 Å². The Hall–Kier alpha value is -2.89. The van der Waals surface area contributed by atoms with E-state index in [4.69, 9.17) is 0 Å². The molecular formula is C23H26FN3O2. The van der Waals surface area contributed by atoms with Gasteiger partial charge in [-0.1, -0.05) is 6.07 Å². The Bertz CT molecular complexity index is 935. The largest absolute Gasteiger partial charge is 0.377 e. The van der Waals surface area contributed by atoms with Crippen molar-refractivity contribution < 1.29 is 14.0 Å². The van der Waals surface area contributed by atoms with Gasteiger partial charge in [-0.25, -0.2) is 4.39 Å². The molecule has 2 fully saturated rings. The molecule has 1 N–H and O–H groups in total. The molecule has 0 unspecified atom stereocenters. The van der Waals surface area contributed by atoms with Crippen molar-refractivity contribution in [2.75, 3.05) is 24.3 Å². The number of amides is 2. The highest BCUT2D eigenvalue weighted by atomic mass is 19.1. The minimum absolute atomic E-state index is 0.189. The summed E-state index contributed by atoms with van der Waals surface area (Å²) in [4.78, 5) is 29.3. The first-order chi connectivity index (χ1) is 13.9. The number of rotatable bonds is 7. The van der Waals surface area contributed by atoms with Crippen LogP contribution in [0.5, 0.6) is 0 Å². The second-order valence-corrected chi connectivity index (χ2v) is 8.17. The lowest BCUT2D eigenvalue weighted by molar-refractivity contribution is -0.133. The van der Waals surface area contributed by atoms with Crippen LogP contribution < -0.4 is 10.2 Å². The number of nitrogens with zero attached hydrogens (tertiary/aromatic N) is 2. The van der Waals surface area contributed by atoms with Crippen LogP contribution in [-0.2, 0) is 11.3 Å². The van der Waals surface area contributed by atoms with Crippen molar-refractivity contribution in [2.45, 2.75) is 38.3 Å². The van der Waals surface area contributed by atoms with Crippen molar-refractivity contribution >= 4 is 23.2 Å². The number of hydrogen-bond donors (Lipinski definition) is 1. The van der Waals surface area contributed by atoms with E-state index in [1.165, 1.54) is 18.2 Å². The van der Waals surface area contributed by atoms with E-state index < -0.39 is 5.82 Å². The van der Waals surface area contributed by atoms with Gasteiger partial charge < -0.3 is 15.1 Å². The van der Waals surface area contributed by atoms with Crippen molar-refractivity contribution in [2.24, 2.45) is 5.92 Å². The van der Waals surface area contributed by atoms with Crippen molar-refractivity contribution in [1.29, 1.82) is 0 Å². The highest BCUT2D eigenvalue weighted by Gasteiger charge is 2.40. The molecule has 5 nitrogen and oxygen atoms in total. The molecular weight excluding hydrogens is 369 g/mol. The number of anilines is 2. The number of benzene rings is 2. The summed E-state index contributed by atoms with van der Waals surface area (Å²) in [6, 6.07) is 11.7. The van der Waals surface area contributed by atoms with Gasteiger partial charge in [-0.05, 0) is 67.6 Å². The van der Waals surface area contributed by atoms with Crippen molar-refractivity contribution in [1.82, 2.24) is 4.90 Å². The fraction of sp³-hybridized carbons (Fsp3) is 0.391. The zero-order valence-electron chi connectivity index (χ0n) is 16.8. The Labute approximate surface area is 170 Å². The predicted molar refractivity (Wildman–Crippen MR) is 111 cm³/mol. The first kappa shape index (κ1) is 19.4. The molecule has 0 aromatic heterocycles. The third-order valence-electron chi connectivity index (χ3n) is 5.44. The summed E-state index contributed by atoms with van der Waals surface area (Å²) in [5.41, 5.74) is 2.91. The average Bonchev–Trinajstić information content (AvgIpc) is 3.58. The molecule has 0 atom stereocenters. The van der Waals surface area contributed by atoms with Crippen LogP contribution in [0.1, 0.15) is 41.6 Å². The molecule has 0 saturated heterocycles. The number of halogens is 1.